The molecule has 1 amide bonds. The van der Waals surface area contributed by atoms with Gasteiger partial charge >= 0.3 is 0 Å². The van der Waals surface area contributed by atoms with E-state index in [1.807, 2.05) is 28.9 Å². The molecule has 1 aliphatic carbocycles. The molecule has 1 atom stereocenters. The number of carbonyl (C=O) groups is 1. The van der Waals surface area contributed by atoms with E-state index >= 15 is 0 Å². The number of fused-ring (bicyclic) bond motifs is 1. The topological polar surface area (TPSA) is 91.2 Å². The number of nitrogens with zero attached hydrogens (tertiary/aromatic N) is 4. The smallest absolute Gasteiger partial charge is 0.230 e. The van der Waals surface area contributed by atoms with Crippen LogP contribution in [0.2, 0.25) is 0 Å². The number of amides is 1. The summed E-state index contributed by atoms with van der Waals surface area (Å²) >= 11 is 1.37. The van der Waals surface area contributed by atoms with Gasteiger partial charge in [0.25, 0.3) is 0 Å². The third-order valence-electron chi connectivity index (χ3n) is 4.56. The molecule has 1 fully saturated rings. The van der Waals surface area contributed by atoms with E-state index in [0.29, 0.717) is 30.1 Å². The number of aromatic nitrogens is 4. The van der Waals surface area contributed by atoms with Crippen molar-refractivity contribution in [3.8, 4) is 11.5 Å². The Morgan fingerprint density at radius 3 is 2.92 bits per heavy atom. The van der Waals surface area contributed by atoms with Crippen molar-refractivity contribution in [3.05, 3.63) is 24.3 Å². The van der Waals surface area contributed by atoms with Crippen LogP contribution in [0.5, 0.6) is 11.5 Å². The zero-order chi connectivity index (χ0) is 17.8. The number of tetrazole rings is 1. The Morgan fingerprint density at radius 2 is 2.08 bits per heavy atom. The van der Waals surface area contributed by atoms with Crippen molar-refractivity contribution in [3.63, 3.8) is 0 Å². The molecule has 1 aromatic carbocycles. The van der Waals surface area contributed by atoms with E-state index in [1.165, 1.54) is 24.6 Å². The second-order valence-corrected chi connectivity index (χ2v) is 7.38. The van der Waals surface area contributed by atoms with E-state index in [-0.39, 0.29) is 17.8 Å². The Morgan fingerprint density at radius 1 is 1.27 bits per heavy atom. The first-order valence-corrected chi connectivity index (χ1v) is 9.84. The predicted molar refractivity (Wildman–Crippen MR) is 95.4 cm³/mol. The maximum Gasteiger partial charge on any atom is 0.230 e. The molecule has 138 valence electrons. The Hall–Kier alpha value is -2.29. The van der Waals surface area contributed by atoms with Crippen LogP contribution in [0.4, 0.5) is 0 Å². The fourth-order valence-corrected chi connectivity index (χ4v) is 4.01. The summed E-state index contributed by atoms with van der Waals surface area (Å²) in [6.07, 6.45) is 4.43. The maximum absolute atomic E-state index is 12.2. The zero-order valence-electron chi connectivity index (χ0n) is 14.3. The molecule has 2 aliphatic rings. The molecule has 8 nitrogen and oxygen atoms in total. The number of thioether (sulfide) groups is 1. The molecule has 0 bridgehead atoms. The number of nitrogens with one attached hydrogen (secondary N) is 1. The molecular weight excluding hydrogens is 354 g/mol. The summed E-state index contributed by atoms with van der Waals surface area (Å²) in [5.74, 6) is 1.66. The first kappa shape index (κ1) is 17.1. The quantitative estimate of drug-likeness (QED) is 0.770. The summed E-state index contributed by atoms with van der Waals surface area (Å²) in [5.41, 5.74) is 0. The standard InChI is InChI=1S/C17H21N5O3S/c23-16(11-26-17-19-20-21-22(17)12-5-1-2-6-12)18-9-13-10-24-14-7-3-4-8-15(14)25-13/h3-4,7-8,12-13H,1-2,5-6,9-11H2,(H,18,23)/t13-/m0/s1. The fraction of sp³-hybridized carbons (Fsp3) is 0.529. The minimum atomic E-state index is -0.192. The molecule has 0 unspecified atom stereocenters. The normalized spacial score (nSPS) is 19.5. The average Bonchev–Trinajstić information content (AvgIpc) is 3.35. The maximum atomic E-state index is 12.2. The molecule has 0 radical (unpaired) electrons. The van der Waals surface area contributed by atoms with Gasteiger partial charge in [-0.05, 0) is 35.4 Å². The lowest BCUT2D eigenvalue weighted by molar-refractivity contribution is -0.119. The highest BCUT2D eigenvalue weighted by Crippen LogP contribution is 2.32. The Bertz CT molecular complexity index is 762. The van der Waals surface area contributed by atoms with Crippen LogP contribution in [0.25, 0.3) is 0 Å². The zero-order valence-corrected chi connectivity index (χ0v) is 15.2. The SMILES string of the molecule is O=C(CSc1nnnn1C1CCCC1)NC[C@H]1COc2ccccc2O1. The molecule has 9 heteroatoms. The number of carbonyl (C=O) groups excluding carboxylic acids is 1. The number of rotatable bonds is 6. The van der Waals surface area contributed by atoms with Crippen LogP contribution in [0.15, 0.2) is 29.4 Å². The van der Waals surface area contributed by atoms with Crippen molar-refractivity contribution in [2.75, 3.05) is 18.9 Å². The van der Waals surface area contributed by atoms with Crippen LogP contribution in [0.1, 0.15) is 31.7 Å². The molecule has 2 heterocycles. The highest BCUT2D eigenvalue weighted by atomic mass is 32.2. The summed E-state index contributed by atoms with van der Waals surface area (Å²) in [6, 6.07) is 7.90. The third-order valence-corrected chi connectivity index (χ3v) is 5.49. The molecule has 4 rings (SSSR count). The van der Waals surface area contributed by atoms with E-state index in [9.17, 15) is 4.79 Å². The second-order valence-electron chi connectivity index (χ2n) is 6.43. The Kier molecular flexibility index (Phi) is 5.24. The third kappa shape index (κ3) is 3.92. The van der Waals surface area contributed by atoms with Gasteiger partial charge in [0.05, 0.1) is 18.3 Å². The van der Waals surface area contributed by atoms with Gasteiger partial charge in [0.15, 0.2) is 11.5 Å². The monoisotopic (exact) mass is 375 g/mol. The lowest BCUT2D eigenvalue weighted by Gasteiger charge is -2.26. The molecule has 2 aromatic rings. The van der Waals surface area contributed by atoms with Crippen LogP contribution < -0.4 is 14.8 Å². The van der Waals surface area contributed by atoms with Crippen molar-refractivity contribution in [1.82, 2.24) is 25.5 Å². The van der Waals surface area contributed by atoms with Crippen LogP contribution >= 0.6 is 11.8 Å². The molecule has 0 spiro atoms. The highest BCUT2D eigenvalue weighted by molar-refractivity contribution is 7.99. The molecule has 1 aromatic heterocycles. The van der Waals surface area contributed by atoms with Gasteiger partial charge in [-0.1, -0.05) is 36.7 Å². The lowest BCUT2D eigenvalue weighted by atomic mass is 10.2. The van der Waals surface area contributed by atoms with Gasteiger partial charge in [-0.15, -0.1) is 5.10 Å². The summed E-state index contributed by atoms with van der Waals surface area (Å²) in [5, 5.41) is 15.5. The van der Waals surface area contributed by atoms with Crippen LogP contribution in [-0.2, 0) is 4.79 Å². The van der Waals surface area contributed by atoms with Gasteiger partial charge in [0.2, 0.25) is 11.1 Å². The largest absolute Gasteiger partial charge is 0.486 e. The Balaban J connectivity index is 1.23. The summed E-state index contributed by atoms with van der Waals surface area (Å²) < 4.78 is 13.3. The molecule has 26 heavy (non-hydrogen) atoms. The second kappa shape index (κ2) is 7.94. The van der Waals surface area contributed by atoms with Crippen LogP contribution in [0.3, 0.4) is 0 Å². The van der Waals surface area contributed by atoms with Gasteiger partial charge in [0.1, 0.15) is 12.7 Å². The first-order valence-electron chi connectivity index (χ1n) is 8.85. The van der Waals surface area contributed by atoms with Gasteiger partial charge in [-0.3, -0.25) is 4.79 Å². The number of para-hydroxylation sites is 2. The first-order chi connectivity index (χ1) is 12.8. The van der Waals surface area contributed by atoms with Crippen LogP contribution in [-0.4, -0.2) is 51.1 Å². The predicted octanol–water partition coefficient (Wildman–Crippen LogP) is 1.84. The van der Waals surface area contributed by atoms with E-state index in [2.05, 4.69) is 20.8 Å². The lowest BCUT2D eigenvalue weighted by Crippen LogP contribution is -2.41. The van der Waals surface area contributed by atoms with Gasteiger partial charge in [0, 0.05) is 0 Å². The minimum Gasteiger partial charge on any atom is -0.486 e. The van der Waals surface area contributed by atoms with E-state index < -0.39 is 0 Å². The van der Waals surface area contributed by atoms with Crippen molar-refractivity contribution >= 4 is 17.7 Å². The minimum absolute atomic E-state index is 0.0709. The fourth-order valence-electron chi connectivity index (χ4n) is 3.23. The number of hydrogen-bond acceptors (Lipinski definition) is 7. The Labute approximate surface area is 155 Å². The molecule has 1 N–H and O–H groups in total. The van der Waals surface area contributed by atoms with E-state index in [1.54, 1.807) is 0 Å². The van der Waals surface area contributed by atoms with E-state index in [4.69, 9.17) is 9.47 Å². The number of hydrogen-bond donors (Lipinski definition) is 1. The van der Waals surface area contributed by atoms with Gasteiger partial charge < -0.3 is 14.8 Å². The molecule has 0 saturated heterocycles. The molecular formula is C17H21N5O3S. The van der Waals surface area contributed by atoms with Crippen molar-refractivity contribution in [2.45, 2.75) is 43.0 Å². The highest BCUT2D eigenvalue weighted by Gasteiger charge is 2.23. The summed E-state index contributed by atoms with van der Waals surface area (Å²) in [4.78, 5) is 12.2. The number of ether oxygens (including phenoxy) is 2. The van der Waals surface area contributed by atoms with Gasteiger partial charge in [-0.25, -0.2) is 4.68 Å². The van der Waals surface area contributed by atoms with Crippen molar-refractivity contribution in [2.24, 2.45) is 0 Å². The van der Waals surface area contributed by atoms with E-state index in [0.717, 1.165) is 18.6 Å². The van der Waals surface area contributed by atoms with Crippen molar-refractivity contribution in [1.29, 1.82) is 0 Å². The number of benzene rings is 1. The van der Waals surface area contributed by atoms with Gasteiger partial charge in [-0.2, -0.15) is 0 Å². The average molecular weight is 375 g/mol. The van der Waals surface area contributed by atoms with Crippen LogP contribution in [0, 0.1) is 0 Å². The summed E-state index contributed by atoms with van der Waals surface area (Å²) in [7, 11) is 0. The molecule has 1 aliphatic heterocycles. The summed E-state index contributed by atoms with van der Waals surface area (Å²) in [6.45, 7) is 0.825. The van der Waals surface area contributed by atoms with Crippen molar-refractivity contribution < 1.29 is 14.3 Å². The molecule has 1 saturated carbocycles.